The van der Waals surface area contributed by atoms with Gasteiger partial charge in [-0.3, -0.25) is 4.68 Å². The standard InChI is InChI=1S/C24H25N7S.ClH/c1-30-13-16-9-14(8-15(12-25)22(16)29-30)20-6-7-21-23(27-20)32-24(28-21)31(2)19-10-17-4-3-5-18(11-19)26-17;/h6-9,13,17-19,26H,3-5,10-11H2,1-2H3;1H. The monoisotopic (exact) mass is 479 g/mol. The number of nitrogens with one attached hydrogen (secondary N) is 1. The molecule has 6 rings (SSSR count). The molecule has 3 aromatic heterocycles. The van der Waals surface area contributed by atoms with Crippen molar-refractivity contribution in [2.45, 2.75) is 50.2 Å². The van der Waals surface area contributed by atoms with Crippen LogP contribution in [0.15, 0.2) is 30.5 Å². The Bertz CT molecular complexity index is 1360. The molecule has 2 atom stereocenters. The maximum absolute atomic E-state index is 9.60. The maximum Gasteiger partial charge on any atom is 0.187 e. The number of piperidine rings is 2. The van der Waals surface area contributed by atoms with Crippen molar-refractivity contribution in [2.24, 2.45) is 7.05 Å². The van der Waals surface area contributed by atoms with Gasteiger partial charge in [0.15, 0.2) is 5.13 Å². The van der Waals surface area contributed by atoms with E-state index in [1.165, 1.54) is 32.1 Å². The van der Waals surface area contributed by atoms with E-state index in [0.29, 0.717) is 23.7 Å². The molecule has 7 nitrogen and oxygen atoms in total. The summed E-state index contributed by atoms with van der Waals surface area (Å²) in [5.41, 5.74) is 4.01. The first-order valence-electron chi connectivity index (χ1n) is 11.2. The predicted molar refractivity (Wildman–Crippen MR) is 135 cm³/mol. The molecule has 33 heavy (non-hydrogen) atoms. The van der Waals surface area contributed by atoms with Gasteiger partial charge in [0.2, 0.25) is 0 Å². The first kappa shape index (κ1) is 22.1. The highest BCUT2D eigenvalue weighted by Crippen LogP contribution is 2.35. The van der Waals surface area contributed by atoms with Crippen molar-refractivity contribution < 1.29 is 0 Å². The van der Waals surface area contributed by atoms with Crippen LogP contribution in [-0.4, -0.2) is 44.9 Å². The molecular weight excluding hydrogens is 454 g/mol. The van der Waals surface area contributed by atoms with E-state index in [1.54, 1.807) is 16.0 Å². The third-order valence-electron chi connectivity index (χ3n) is 6.92. The van der Waals surface area contributed by atoms with Crippen LogP contribution in [0.5, 0.6) is 0 Å². The van der Waals surface area contributed by atoms with Gasteiger partial charge in [-0.2, -0.15) is 10.4 Å². The molecule has 1 N–H and O–H groups in total. The van der Waals surface area contributed by atoms with Crippen molar-refractivity contribution in [1.82, 2.24) is 25.1 Å². The van der Waals surface area contributed by atoms with Crippen LogP contribution < -0.4 is 10.2 Å². The molecule has 2 unspecified atom stereocenters. The highest BCUT2D eigenvalue weighted by molar-refractivity contribution is 7.21. The summed E-state index contributed by atoms with van der Waals surface area (Å²) in [6, 6.07) is 12.1. The van der Waals surface area contributed by atoms with E-state index in [1.807, 2.05) is 31.4 Å². The van der Waals surface area contributed by atoms with Crippen molar-refractivity contribution >= 4 is 50.1 Å². The van der Waals surface area contributed by atoms with Gasteiger partial charge in [-0.15, -0.1) is 12.4 Å². The zero-order valence-corrected chi connectivity index (χ0v) is 20.3. The molecule has 4 aromatic rings. The van der Waals surface area contributed by atoms with Crippen molar-refractivity contribution in [2.75, 3.05) is 11.9 Å². The van der Waals surface area contributed by atoms with E-state index in [9.17, 15) is 5.26 Å². The van der Waals surface area contributed by atoms with E-state index >= 15 is 0 Å². The highest BCUT2D eigenvalue weighted by atomic mass is 35.5. The minimum absolute atomic E-state index is 0. The minimum Gasteiger partial charge on any atom is -0.348 e. The van der Waals surface area contributed by atoms with Crippen molar-refractivity contribution in [3.05, 3.63) is 36.0 Å². The molecule has 0 amide bonds. The number of rotatable bonds is 3. The van der Waals surface area contributed by atoms with E-state index in [4.69, 9.17) is 9.97 Å². The summed E-state index contributed by atoms with van der Waals surface area (Å²) in [5, 5.41) is 19.8. The highest BCUT2D eigenvalue weighted by Gasteiger charge is 2.33. The Morgan fingerprint density at radius 1 is 1.18 bits per heavy atom. The van der Waals surface area contributed by atoms with Gasteiger partial charge < -0.3 is 10.2 Å². The summed E-state index contributed by atoms with van der Waals surface area (Å²) in [5.74, 6) is 0. The summed E-state index contributed by atoms with van der Waals surface area (Å²) >= 11 is 1.66. The normalized spacial score (nSPS) is 22.2. The second kappa shape index (κ2) is 8.56. The molecule has 0 spiro atoms. The Labute approximate surface area is 202 Å². The van der Waals surface area contributed by atoms with Gasteiger partial charge in [0, 0.05) is 49.4 Å². The smallest absolute Gasteiger partial charge is 0.187 e. The van der Waals surface area contributed by atoms with Gasteiger partial charge in [0.25, 0.3) is 0 Å². The fraction of sp³-hybridized carbons (Fsp3) is 0.417. The average Bonchev–Trinajstić information content (AvgIpc) is 3.39. The van der Waals surface area contributed by atoms with E-state index < -0.39 is 0 Å². The van der Waals surface area contributed by atoms with Gasteiger partial charge in [-0.1, -0.05) is 17.8 Å². The van der Waals surface area contributed by atoms with Gasteiger partial charge in [0.1, 0.15) is 21.9 Å². The number of pyridine rings is 1. The van der Waals surface area contributed by atoms with Gasteiger partial charge in [-0.25, -0.2) is 9.97 Å². The second-order valence-corrected chi connectivity index (χ2v) is 10.1. The van der Waals surface area contributed by atoms with E-state index in [-0.39, 0.29) is 12.4 Å². The Morgan fingerprint density at radius 3 is 2.73 bits per heavy atom. The zero-order valence-electron chi connectivity index (χ0n) is 18.7. The molecule has 0 saturated carbocycles. The number of fused-ring (bicyclic) bond motifs is 4. The van der Waals surface area contributed by atoms with Gasteiger partial charge in [0.05, 0.1) is 11.3 Å². The number of nitrogens with zero attached hydrogens (tertiary/aromatic N) is 6. The van der Waals surface area contributed by atoms with E-state index in [0.717, 1.165) is 37.6 Å². The van der Waals surface area contributed by atoms with Crippen LogP contribution in [0.4, 0.5) is 5.13 Å². The van der Waals surface area contributed by atoms with Gasteiger partial charge >= 0.3 is 0 Å². The zero-order chi connectivity index (χ0) is 21.8. The number of hydrogen-bond donors (Lipinski definition) is 1. The van der Waals surface area contributed by atoms with Crippen molar-refractivity contribution in [3.8, 4) is 17.3 Å². The van der Waals surface area contributed by atoms with Gasteiger partial charge in [-0.05, 0) is 49.9 Å². The molecule has 9 heteroatoms. The number of aromatic nitrogens is 4. The molecular formula is C24H26ClN7S. The topological polar surface area (TPSA) is 82.7 Å². The second-order valence-electron chi connectivity index (χ2n) is 9.12. The average molecular weight is 480 g/mol. The van der Waals surface area contributed by atoms with Crippen LogP contribution in [0.2, 0.25) is 0 Å². The van der Waals surface area contributed by atoms with Crippen molar-refractivity contribution in [1.29, 1.82) is 5.26 Å². The number of thiazole rings is 1. The lowest BCUT2D eigenvalue weighted by molar-refractivity contribution is 0.219. The number of nitriles is 1. The first-order chi connectivity index (χ1) is 15.6. The quantitative estimate of drug-likeness (QED) is 0.460. The SMILES string of the molecule is CN(c1nc2ccc(-c3cc(C#N)c4nn(C)cc4c3)nc2s1)C1CC2CCCC(C1)N2.Cl. The summed E-state index contributed by atoms with van der Waals surface area (Å²) in [7, 11) is 4.05. The largest absolute Gasteiger partial charge is 0.348 e. The van der Waals surface area contributed by atoms with Crippen LogP contribution in [0.1, 0.15) is 37.7 Å². The predicted octanol–water partition coefficient (Wildman–Crippen LogP) is 4.65. The third-order valence-corrected chi connectivity index (χ3v) is 7.98. The third kappa shape index (κ3) is 3.95. The van der Waals surface area contributed by atoms with Crippen LogP contribution in [0, 0.1) is 11.3 Å². The summed E-state index contributed by atoms with van der Waals surface area (Å²) in [6.45, 7) is 0. The van der Waals surface area contributed by atoms with Crippen LogP contribution in [-0.2, 0) is 7.05 Å². The Kier molecular flexibility index (Phi) is 5.73. The van der Waals surface area contributed by atoms with Crippen LogP contribution >= 0.6 is 23.7 Å². The van der Waals surface area contributed by atoms with E-state index in [2.05, 4.69) is 34.5 Å². The molecule has 2 aliphatic rings. The molecule has 5 heterocycles. The fourth-order valence-corrected chi connectivity index (χ4v) is 6.29. The number of hydrogen-bond acceptors (Lipinski definition) is 7. The Morgan fingerprint density at radius 2 is 1.97 bits per heavy atom. The Hall–Kier alpha value is -2.73. The molecule has 2 aliphatic heterocycles. The fourth-order valence-electron chi connectivity index (χ4n) is 5.31. The first-order valence-corrected chi connectivity index (χ1v) is 12.0. The summed E-state index contributed by atoms with van der Waals surface area (Å²) in [4.78, 5) is 13.1. The number of benzene rings is 1. The van der Waals surface area contributed by atoms with Crippen LogP contribution in [0.3, 0.4) is 0 Å². The molecule has 2 bridgehead atoms. The van der Waals surface area contributed by atoms with Crippen molar-refractivity contribution in [3.63, 3.8) is 0 Å². The molecule has 2 saturated heterocycles. The number of anilines is 1. The number of aryl methyl sites for hydroxylation is 1. The molecule has 1 aromatic carbocycles. The molecule has 170 valence electrons. The Balaban J connectivity index is 0.00000228. The lowest BCUT2D eigenvalue weighted by atomic mass is 9.83. The number of halogens is 1. The lowest BCUT2D eigenvalue weighted by Gasteiger charge is -2.43. The summed E-state index contributed by atoms with van der Waals surface area (Å²) in [6.07, 6.45) is 8.24. The molecule has 0 aliphatic carbocycles. The maximum atomic E-state index is 9.60. The molecule has 0 radical (unpaired) electrons. The molecule has 2 fully saturated rings. The summed E-state index contributed by atoms with van der Waals surface area (Å²) < 4.78 is 1.74. The minimum atomic E-state index is 0. The lowest BCUT2D eigenvalue weighted by Crippen LogP contribution is -2.54. The van der Waals surface area contributed by atoms with Crippen LogP contribution in [0.25, 0.3) is 32.5 Å².